The summed E-state index contributed by atoms with van der Waals surface area (Å²) in [5, 5.41) is 10.8. The Hall–Kier alpha value is -4.28. The zero-order valence-corrected chi connectivity index (χ0v) is 30.6. The fraction of sp³-hybridized carbons (Fsp3) is 0.512. The molecule has 51 heavy (non-hydrogen) atoms. The maximum absolute atomic E-state index is 14.9. The second-order valence-electron chi connectivity index (χ2n) is 15.1. The minimum atomic E-state index is -1.29. The van der Waals surface area contributed by atoms with Crippen LogP contribution < -0.4 is 0 Å². The predicted molar refractivity (Wildman–Crippen MR) is 194 cm³/mol. The molecule has 8 atom stereocenters. The Labute approximate surface area is 302 Å². The number of hydrogen-bond acceptors (Lipinski definition) is 7. The van der Waals surface area contributed by atoms with Gasteiger partial charge in [0.2, 0.25) is 17.7 Å². The van der Waals surface area contributed by atoms with E-state index < -0.39 is 65.2 Å². The number of hydrogen-bond donors (Lipinski definition) is 1. The van der Waals surface area contributed by atoms with Gasteiger partial charge >= 0.3 is 5.97 Å². The number of aliphatic hydroxyl groups is 1. The summed E-state index contributed by atoms with van der Waals surface area (Å²) in [5.74, 6) is -3.41. The number of amides is 3. The summed E-state index contributed by atoms with van der Waals surface area (Å²) in [6.07, 6.45) is 3.86. The Bertz CT molecular complexity index is 1590. The number of likely N-dealkylation sites (tertiary alicyclic amines) is 1. The van der Waals surface area contributed by atoms with Crippen LogP contribution in [0, 0.1) is 11.8 Å². The van der Waals surface area contributed by atoms with E-state index in [2.05, 4.69) is 13.2 Å². The van der Waals surface area contributed by atoms with Crippen LogP contribution in [0.2, 0.25) is 0 Å². The van der Waals surface area contributed by atoms with E-state index in [1.165, 1.54) is 4.90 Å². The lowest BCUT2D eigenvalue weighted by Gasteiger charge is -2.43. The standard InChI is InChI=1S/C41H53N3O7/c1-8-10-21-32(46)42(7)27(3)35(29-19-15-12-16-20-29)50-39(49)33-31-22-23-41(51-31)34(33)37(47)44(30(26-45)25-28-17-13-11-14-18-28)36(41)38(48)43(24-9-2)40(4,5)6/h8-9,11-20,27,30-31,33-36,45H,1-2,10,21-26H2,3-7H3/t27-,30-,31+,33-,34-,35+,36+,41-/m1/s1. The number of ether oxygens (including phenoxy) is 2. The number of carbonyl (C=O) groups excluding carboxylic acids is 4. The molecule has 2 aromatic carbocycles. The van der Waals surface area contributed by atoms with Gasteiger partial charge in [-0.3, -0.25) is 19.2 Å². The molecule has 10 heteroatoms. The molecule has 274 valence electrons. The summed E-state index contributed by atoms with van der Waals surface area (Å²) in [4.78, 5) is 62.1. The third-order valence-electron chi connectivity index (χ3n) is 10.9. The average Bonchev–Trinajstić information content (AvgIpc) is 3.77. The maximum atomic E-state index is 14.9. The molecule has 0 unspecified atom stereocenters. The van der Waals surface area contributed by atoms with Crippen molar-refractivity contribution in [1.29, 1.82) is 0 Å². The Morgan fingerprint density at radius 3 is 2.31 bits per heavy atom. The van der Waals surface area contributed by atoms with E-state index >= 15 is 0 Å². The van der Waals surface area contributed by atoms with Crippen molar-refractivity contribution in [2.24, 2.45) is 11.8 Å². The fourth-order valence-corrected chi connectivity index (χ4v) is 8.26. The fourth-order valence-electron chi connectivity index (χ4n) is 8.26. The van der Waals surface area contributed by atoms with E-state index in [1.807, 2.05) is 88.4 Å². The second kappa shape index (κ2) is 15.5. The van der Waals surface area contributed by atoms with Crippen molar-refractivity contribution >= 4 is 23.7 Å². The number of allylic oxidation sites excluding steroid dienone is 1. The molecule has 0 saturated carbocycles. The van der Waals surface area contributed by atoms with Crippen LogP contribution in [0.15, 0.2) is 86.0 Å². The van der Waals surface area contributed by atoms with Crippen LogP contribution in [0.5, 0.6) is 0 Å². The van der Waals surface area contributed by atoms with Crippen molar-refractivity contribution in [3.63, 3.8) is 0 Å². The number of esters is 1. The van der Waals surface area contributed by atoms with Gasteiger partial charge in [-0.15, -0.1) is 13.2 Å². The van der Waals surface area contributed by atoms with Gasteiger partial charge in [-0.1, -0.05) is 72.8 Å². The highest BCUT2D eigenvalue weighted by molar-refractivity contribution is 5.98. The van der Waals surface area contributed by atoms with Crippen LogP contribution in [-0.4, -0.2) is 99.1 Å². The monoisotopic (exact) mass is 699 g/mol. The molecule has 2 bridgehead atoms. The lowest BCUT2D eigenvalue weighted by Crippen LogP contribution is -2.61. The smallest absolute Gasteiger partial charge is 0.313 e. The molecule has 1 N–H and O–H groups in total. The van der Waals surface area contributed by atoms with E-state index in [0.29, 0.717) is 31.2 Å². The zero-order valence-electron chi connectivity index (χ0n) is 30.6. The Balaban J connectivity index is 1.53. The topological polar surface area (TPSA) is 117 Å². The second-order valence-corrected chi connectivity index (χ2v) is 15.1. The average molecular weight is 700 g/mol. The molecular formula is C41H53N3O7. The molecule has 3 amide bonds. The van der Waals surface area contributed by atoms with Gasteiger partial charge in [-0.2, -0.15) is 0 Å². The van der Waals surface area contributed by atoms with Crippen molar-refractivity contribution < 1.29 is 33.8 Å². The number of benzene rings is 2. The van der Waals surface area contributed by atoms with Gasteiger partial charge < -0.3 is 29.3 Å². The highest BCUT2D eigenvalue weighted by Gasteiger charge is 2.76. The molecule has 0 aromatic heterocycles. The van der Waals surface area contributed by atoms with Crippen molar-refractivity contribution in [3.8, 4) is 0 Å². The van der Waals surface area contributed by atoms with Crippen LogP contribution in [0.1, 0.15) is 70.6 Å². The zero-order chi connectivity index (χ0) is 37.1. The van der Waals surface area contributed by atoms with Crippen molar-refractivity contribution in [2.75, 3.05) is 20.2 Å². The Kier molecular flexibility index (Phi) is 11.6. The van der Waals surface area contributed by atoms with Crippen LogP contribution in [-0.2, 0) is 35.1 Å². The molecule has 10 nitrogen and oxygen atoms in total. The number of carbonyl (C=O) groups is 4. The first-order chi connectivity index (χ1) is 24.3. The SMILES string of the molecule is C=CCCC(=O)N(C)[C@H](C)[C@H](OC(=O)[C@@H]1[C@@H]2CC[C@]3(O2)[C@H](C(=O)N(CC=C)C(C)(C)C)N([C@@H](CO)Cc2ccccc2)C(=O)[C@@H]13)c1ccccc1. The lowest BCUT2D eigenvalue weighted by atomic mass is 9.70. The van der Waals surface area contributed by atoms with Crippen molar-refractivity contribution in [2.45, 2.75) is 101 Å². The third kappa shape index (κ3) is 7.26. The van der Waals surface area contributed by atoms with E-state index in [9.17, 15) is 24.3 Å². The highest BCUT2D eigenvalue weighted by atomic mass is 16.6. The molecule has 3 heterocycles. The Morgan fingerprint density at radius 1 is 1.08 bits per heavy atom. The number of likely N-dealkylation sites (N-methyl/N-ethyl adjacent to an activating group) is 1. The largest absolute Gasteiger partial charge is 0.455 e. The molecule has 3 fully saturated rings. The van der Waals surface area contributed by atoms with E-state index in [-0.39, 0.29) is 31.4 Å². The summed E-state index contributed by atoms with van der Waals surface area (Å²) in [5.41, 5.74) is -0.299. The minimum Gasteiger partial charge on any atom is -0.455 e. The maximum Gasteiger partial charge on any atom is 0.313 e. The van der Waals surface area contributed by atoms with Gasteiger partial charge in [0.05, 0.1) is 36.6 Å². The molecule has 0 aliphatic carbocycles. The van der Waals surface area contributed by atoms with E-state index in [1.54, 1.807) is 29.0 Å². The van der Waals surface area contributed by atoms with Gasteiger partial charge in [0, 0.05) is 25.6 Å². The van der Waals surface area contributed by atoms with Crippen LogP contribution in [0.3, 0.4) is 0 Å². The van der Waals surface area contributed by atoms with Gasteiger partial charge in [0.1, 0.15) is 17.7 Å². The number of fused-ring (bicyclic) bond motifs is 1. The molecule has 5 rings (SSSR count). The first-order valence-corrected chi connectivity index (χ1v) is 18.0. The number of aliphatic hydroxyl groups excluding tert-OH is 1. The first-order valence-electron chi connectivity index (χ1n) is 18.0. The summed E-state index contributed by atoms with van der Waals surface area (Å²) < 4.78 is 13.1. The summed E-state index contributed by atoms with van der Waals surface area (Å²) in [6, 6.07) is 16.4. The van der Waals surface area contributed by atoms with Crippen molar-refractivity contribution in [3.05, 3.63) is 97.1 Å². The van der Waals surface area contributed by atoms with E-state index in [4.69, 9.17) is 9.47 Å². The normalized spacial score (nSPS) is 25.5. The highest BCUT2D eigenvalue weighted by Crippen LogP contribution is 2.59. The molecule has 3 aliphatic rings. The first kappa shape index (κ1) is 38.0. The van der Waals surface area contributed by atoms with Gasteiger partial charge in [0.25, 0.3) is 0 Å². The molecular weight excluding hydrogens is 646 g/mol. The quantitative estimate of drug-likeness (QED) is 0.208. The number of rotatable bonds is 15. The van der Waals surface area contributed by atoms with Crippen LogP contribution in [0.25, 0.3) is 0 Å². The number of nitrogens with zero attached hydrogens (tertiary/aromatic N) is 3. The minimum absolute atomic E-state index is 0.110. The predicted octanol–water partition coefficient (Wildman–Crippen LogP) is 4.88. The summed E-state index contributed by atoms with van der Waals surface area (Å²) >= 11 is 0. The molecule has 3 aliphatic heterocycles. The van der Waals surface area contributed by atoms with Gasteiger partial charge in [0.15, 0.2) is 0 Å². The van der Waals surface area contributed by atoms with Crippen LogP contribution in [0.4, 0.5) is 0 Å². The molecule has 0 radical (unpaired) electrons. The molecule has 3 saturated heterocycles. The van der Waals surface area contributed by atoms with Gasteiger partial charge in [-0.25, -0.2) is 0 Å². The molecule has 2 aromatic rings. The Morgan fingerprint density at radius 2 is 1.73 bits per heavy atom. The summed E-state index contributed by atoms with van der Waals surface area (Å²) in [6.45, 7) is 15.1. The van der Waals surface area contributed by atoms with Crippen molar-refractivity contribution in [1.82, 2.24) is 14.7 Å². The molecule has 1 spiro atoms. The third-order valence-corrected chi connectivity index (χ3v) is 10.9. The van der Waals surface area contributed by atoms with E-state index in [0.717, 1.165) is 5.56 Å². The van der Waals surface area contributed by atoms with Crippen LogP contribution >= 0.6 is 0 Å². The van der Waals surface area contributed by atoms with Gasteiger partial charge in [-0.05, 0) is 64.5 Å². The summed E-state index contributed by atoms with van der Waals surface area (Å²) in [7, 11) is 1.69. The lowest BCUT2D eigenvalue weighted by molar-refractivity contribution is -0.165.